The molecule has 0 heterocycles. The second-order valence-electron chi connectivity index (χ2n) is 4.34. The molecule has 0 spiro atoms. The summed E-state index contributed by atoms with van der Waals surface area (Å²) in [7, 11) is -4.83. The smallest absolute Gasteiger partial charge is 0.339 e. The van der Waals surface area contributed by atoms with Gasteiger partial charge in [-0.2, -0.15) is 17.2 Å². The molecule has 0 saturated heterocycles. The van der Waals surface area contributed by atoms with E-state index in [1.807, 2.05) is 0 Å². The summed E-state index contributed by atoms with van der Waals surface area (Å²) in [4.78, 5) is -0.560. The molecule has 24 heavy (non-hydrogen) atoms. The summed E-state index contributed by atoms with van der Waals surface area (Å²) < 4.78 is 99.1. The van der Waals surface area contributed by atoms with Crippen LogP contribution in [0.2, 0.25) is 0 Å². The van der Waals surface area contributed by atoms with Crippen molar-refractivity contribution >= 4 is 10.1 Å². The van der Waals surface area contributed by atoms with Crippen LogP contribution in [-0.2, 0) is 10.1 Å². The van der Waals surface area contributed by atoms with Gasteiger partial charge in [0.15, 0.2) is 0 Å². The third-order valence-electron chi connectivity index (χ3n) is 2.79. The van der Waals surface area contributed by atoms with Gasteiger partial charge in [-0.25, -0.2) is 13.2 Å². The first-order valence-electron chi connectivity index (χ1n) is 6.37. The third kappa shape index (κ3) is 3.28. The van der Waals surface area contributed by atoms with Crippen LogP contribution in [0.4, 0.5) is 22.0 Å². The summed E-state index contributed by atoms with van der Waals surface area (Å²) in [6, 6.07) is 4.45. The first-order chi connectivity index (χ1) is 11.2. The van der Waals surface area contributed by atoms with Crippen LogP contribution in [0.1, 0.15) is 6.92 Å². The number of ether oxygens (including phenoxy) is 1. The summed E-state index contributed by atoms with van der Waals surface area (Å²) >= 11 is 0. The largest absolute Gasteiger partial charge is 0.494 e. The molecular weight excluding hydrogens is 359 g/mol. The standard InChI is InChI=1S/C14H9F5O4S/c1-2-22-7-3-5-8(6-4-7)24(20,21)23-14-12(18)10(16)9(15)11(17)13(14)19/h3-6H,2H2,1H3. The molecule has 2 aromatic rings. The molecule has 0 aliphatic rings. The topological polar surface area (TPSA) is 52.6 Å². The number of hydrogen-bond donors (Lipinski definition) is 0. The Labute approximate surface area is 133 Å². The van der Waals surface area contributed by atoms with Crippen molar-refractivity contribution in [3.05, 3.63) is 53.4 Å². The van der Waals surface area contributed by atoms with Crippen molar-refractivity contribution in [2.45, 2.75) is 11.8 Å². The van der Waals surface area contributed by atoms with E-state index in [2.05, 4.69) is 4.18 Å². The van der Waals surface area contributed by atoms with Crippen LogP contribution < -0.4 is 8.92 Å². The van der Waals surface area contributed by atoms with Crippen LogP contribution in [0.5, 0.6) is 11.5 Å². The average molecular weight is 368 g/mol. The van der Waals surface area contributed by atoms with E-state index in [0.29, 0.717) is 12.4 Å². The molecule has 0 bridgehead atoms. The first kappa shape index (κ1) is 18.0. The molecule has 0 radical (unpaired) electrons. The molecule has 130 valence electrons. The molecule has 2 rings (SSSR count). The van der Waals surface area contributed by atoms with E-state index in [9.17, 15) is 30.4 Å². The second-order valence-corrected chi connectivity index (χ2v) is 5.89. The molecule has 0 aromatic heterocycles. The normalized spacial score (nSPS) is 11.4. The lowest BCUT2D eigenvalue weighted by Crippen LogP contribution is -2.14. The van der Waals surface area contributed by atoms with E-state index in [-0.39, 0.29) is 0 Å². The van der Waals surface area contributed by atoms with Crippen LogP contribution in [0.3, 0.4) is 0 Å². The van der Waals surface area contributed by atoms with E-state index in [0.717, 1.165) is 12.1 Å². The van der Waals surface area contributed by atoms with Gasteiger partial charge in [0.05, 0.1) is 6.61 Å². The molecule has 4 nitrogen and oxygen atoms in total. The van der Waals surface area contributed by atoms with Crippen LogP contribution in [-0.4, -0.2) is 15.0 Å². The van der Waals surface area contributed by atoms with Crippen LogP contribution in [0, 0.1) is 29.1 Å². The SMILES string of the molecule is CCOc1ccc(S(=O)(=O)Oc2c(F)c(F)c(F)c(F)c2F)cc1. The summed E-state index contributed by atoms with van der Waals surface area (Å²) in [5.74, 6) is -13.4. The molecule has 2 aromatic carbocycles. The number of rotatable bonds is 5. The fourth-order valence-corrected chi connectivity index (χ4v) is 2.62. The van der Waals surface area contributed by atoms with E-state index >= 15 is 0 Å². The van der Waals surface area contributed by atoms with E-state index in [1.54, 1.807) is 6.92 Å². The zero-order valence-electron chi connectivity index (χ0n) is 11.9. The third-order valence-corrected chi connectivity index (χ3v) is 4.02. The monoisotopic (exact) mass is 368 g/mol. The molecule has 0 amide bonds. The Morgan fingerprint density at radius 1 is 0.833 bits per heavy atom. The van der Waals surface area contributed by atoms with Crippen molar-refractivity contribution < 1.29 is 39.3 Å². The quantitative estimate of drug-likeness (QED) is 0.351. The molecular formula is C14H9F5O4S. The van der Waals surface area contributed by atoms with Crippen LogP contribution in [0.25, 0.3) is 0 Å². The number of halogens is 5. The maximum absolute atomic E-state index is 13.5. The number of hydrogen-bond acceptors (Lipinski definition) is 4. The lowest BCUT2D eigenvalue weighted by atomic mass is 10.3. The van der Waals surface area contributed by atoms with Gasteiger partial charge < -0.3 is 8.92 Å². The highest BCUT2D eigenvalue weighted by molar-refractivity contribution is 7.87. The first-order valence-corrected chi connectivity index (χ1v) is 7.78. The van der Waals surface area contributed by atoms with Gasteiger partial charge in [0, 0.05) is 0 Å². The lowest BCUT2D eigenvalue weighted by Gasteiger charge is -2.11. The maximum atomic E-state index is 13.5. The van der Waals surface area contributed by atoms with E-state index < -0.39 is 49.8 Å². The summed E-state index contributed by atoms with van der Waals surface area (Å²) in [5, 5.41) is 0. The van der Waals surface area contributed by atoms with Crippen molar-refractivity contribution in [2.75, 3.05) is 6.61 Å². The minimum absolute atomic E-state index is 0.313. The molecule has 0 saturated carbocycles. The Hall–Kier alpha value is -2.36. The van der Waals surface area contributed by atoms with Crippen molar-refractivity contribution in [3.8, 4) is 11.5 Å². The van der Waals surface area contributed by atoms with E-state index in [4.69, 9.17) is 4.74 Å². The predicted molar refractivity (Wildman–Crippen MR) is 71.7 cm³/mol. The molecule has 0 aliphatic heterocycles. The summed E-state index contributed by atoms with van der Waals surface area (Å²) in [6.07, 6.45) is 0. The van der Waals surface area contributed by atoms with E-state index in [1.165, 1.54) is 12.1 Å². The van der Waals surface area contributed by atoms with Gasteiger partial charge in [0.2, 0.25) is 34.8 Å². The highest BCUT2D eigenvalue weighted by Crippen LogP contribution is 2.31. The van der Waals surface area contributed by atoms with Gasteiger partial charge in [-0.1, -0.05) is 0 Å². The zero-order chi connectivity index (χ0) is 18.1. The molecule has 0 atom stereocenters. The molecule has 10 heteroatoms. The lowest BCUT2D eigenvalue weighted by molar-refractivity contribution is 0.339. The Bertz CT molecular complexity index is 837. The van der Waals surface area contributed by atoms with Gasteiger partial charge in [-0.15, -0.1) is 0 Å². The van der Waals surface area contributed by atoms with Gasteiger partial charge in [0.25, 0.3) is 0 Å². The fraction of sp³-hybridized carbons (Fsp3) is 0.143. The molecule has 0 N–H and O–H groups in total. The number of benzene rings is 2. The van der Waals surface area contributed by atoms with Crippen molar-refractivity contribution in [1.82, 2.24) is 0 Å². The molecule has 0 fully saturated rings. The highest BCUT2D eigenvalue weighted by atomic mass is 32.2. The van der Waals surface area contributed by atoms with Gasteiger partial charge in [-0.3, -0.25) is 0 Å². The maximum Gasteiger partial charge on any atom is 0.339 e. The highest BCUT2D eigenvalue weighted by Gasteiger charge is 2.30. The van der Waals surface area contributed by atoms with Crippen molar-refractivity contribution in [2.24, 2.45) is 0 Å². The Kier molecular flexibility index (Phi) is 4.97. The van der Waals surface area contributed by atoms with Gasteiger partial charge >= 0.3 is 10.1 Å². The summed E-state index contributed by atoms with van der Waals surface area (Å²) in [6.45, 7) is 2.00. The van der Waals surface area contributed by atoms with Crippen molar-refractivity contribution in [1.29, 1.82) is 0 Å². The fourth-order valence-electron chi connectivity index (χ4n) is 1.68. The van der Waals surface area contributed by atoms with Crippen molar-refractivity contribution in [3.63, 3.8) is 0 Å². The Morgan fingerprint density at radius 2 is 1.29 bits per heavy atom. The minimum atomic E-state index is -4.83. The minimum Gasteiger partial charge on any atom is -0.494 e. The van der Waals surface area contributed by atoms with Crippen LogP contribution in [0.15, 0.2) is 29.2 Å². The molecule has 0 aliphatic carbocycles. The Balaban J connectivity index is 2.43. The molecule has 0 unspecified atom stereocenters. The Morgan fingerprint density at radius 3 is 1.75 bits per heavy atom. The second kappa shape index (κ2) is 6.63. The average Bonchev–Trinajstić information content (AvgIpc) is 2.56. The van der Waals surface area contributed by atoms with Gasteiger partial charge in [0.1, 0.15) is 10.6 Å². The van der Waals surface area contributed by atoms with Gasteiger partial charge in [-0.05, 0) is 31.2 Å². The predicted octanol–water partition coefficient (Wildman–Crippen LogP) is 3.55. The summed E-state index contributed by atoms with van der Waals surface area (Å²) in [5.41, 5.74) is 0. The zero-order valence-corrected chi connectivity index (χ0v) is 12.8. The van der Waals surface area contributed by atoms with Crippen LogP contribution >= 0.6 is 0 Å².